The molecule has 1 saturated heterocycles. The van der Waals surface area contributed by atoms with Crippen molar-refractivity contribution in [2.75, 3.05) is 13.1 Å². The normalized spacial score (nSPS) is 14.4. The number of carbonyl (C=O) groups excluding carboxylic acids is 3. The summed E-state index contributed by atoms with van der Waals surface area (Å²) < 4.78 is 5.89. The number of rotatable bonds is 4. The first kappa shape index (κ1) is 20.1. The quantitative estimate of drug-likeness (QED) is 0.578. The fourth-order valence-electron chi connectivity index (χ4n) is 3.17. The Bertz CT molecular complexity index is 891. The van der Waals surface area contributed by atoms with E-state index in [1.54, 1.807) is 30.3 Å². The first-order chi connectivity index (χ1) is 13.4. The van der Waals surface area contributed by atoms with Gasteiger partial charge in [0.05, 0.1) is 0 Å². The van der Waals surface area contributed by atoms with E-state index in [1.807, 2.05) is 23.1 Å². The number of carbonyl (C=O) groups is 3. The van der Waals surface area contributed by atoms with Gasteiger partial charge in [-0.1, -0.05) is 28.1 Å². The smallest absolute Gasteiger partial charge is 0.308 e. The van der Waals surface area contributed by atoms with Crippen LogP contribution in [0, 0.1) is 0 Å². The van der Waals surface area contributed by atoms with Crippen molar-refractivity contribution in [3.8, 4) is 5.75 Å². The van der Waals surface area contributed by atoms with E-state index in [-0.39, 0.29) is 17.9 Å². The Labute approximate surface area is 172 Å². The first-order valence-corrected chi connectivity index (χ1v) is 9.86. The summed E-state index contributed by atoms with van der Waals surface area (Å²) in [4.78, 5) is 38.0. The number of nitrogens with zero attached hydrogens (tertiary/aromatic N) is 1. The molecule has 0 unspecified atom stereocenters. The molecule has 7 heteroatoms. The molecule has 28 heavy (non-hydrogen) atoms. The van der Waals surface area contributed by atoms with Crippen LogP contribution in [0.5, 0.6) is 5.75 Å². The SMILES string of the molecule is CC(=O)Oc1cccc(C(=O)NC2CCN(C(=O)c3cccc(Br)c3)CC2)c1. The molecular weight excluding hydrogens is 424 g/mol. The Morgan fingerprint density at radius 3 is 2.39 bits per heavy atom. The summed E-state index contributed by atoms with van der Waals surface area (Å²) in [7, 11) is 0. The van der Waals surface area contributed by atoms with E-state index >= 15 is 0 Å². The Morgan fingerprint density at radius 1 is 1.04 bits per heavy atom. The molecule has 146 valence electrons. The molecule has 2 amide bonds. The molecular formula is C21H21BrN2O4. The molecule has 0 aromatic heterocycles. The van der Waals surface area contributed by atoms with Crippen LogP contribution in [0.15, 0.2) is 53.0 Å². The highest BCUT2D eigenvalue weighted by molar-refractivity contribution is 9.10. The van der Waals surface area contributed by atoms with Gasteiger partial charge in [-0.25, -0.2) is 0 Å². The van der Waals surface area contributed by atoms with E-state index in [1.165, 1.54) is 6.92 Å². The van der Waals surface area contributed by atoms with Crippen molar-refractivity contribution in [3.05, 3.63) is 64.1 Å². The summed E-state index contributed by atoms with van der Waals surface area (Å²) >= 11 is 3.39. The largest absolute Gasteiger partial charge is 0.427 e. The van der Waals surface area contributed by atoms with Crippen molar-refractivity contribution in [1.82, 2.24) is 10.2 Å². The summed E-state index contributed by atoms with van der Waals surface area (Å²) in [6, 6.07) is 13.9. The number of nitrogens with one attached hydrogen (secondary N) is 1. The average Bonchev–Trinajstić information content (AvgIpc) is 2.68. The molecule has 0 saturated carbocycles. The van der Waals surface area contributed by atoms with Crippen LogP contribution in [0.1, 0.15) is 40.5 Å². The molecule has 0 bridgehead atoms. The third-order valence-electron chi connectivity index (χ3n) is 4.55. The van der Waals surface area contributed by atoms with Gasteiger partial charge in [-0.05, 0) is 49.2 Å². The summed E-state index contributed by atoms with van der Waals surface area (Å²) in [5, 5.41) is 3.00. The standard InChI is InChI=1S/C21H21BrN2O4/c1-14(25)28-19-7-3-4-15(13-19)20(26)23-18-8-10-24(11-9-18)21(27)16-5-2-6-17(22)12-16/h2-7,12-13,18H,8-11H2,1H3,(H,23,26). The lowest BCUT2D eigenvalue weighted by Crippen LogP contribution is -2.46. The van der Waals surface area contributed by atoms with Crippen molar-refractivity contribution in [1.29, 1.82) is 0 Å². The lowest BCUT2D eigenvalue weighted by atomic mass is 10.0. The molecule has 0 atom stereocenters. The molecule has 0 spiro atoms. The Balaban J connectivity index is 1.55. The van der Waals surface area contributed by atoms with Crippen molar-refractivity contribution >= 4 is 33.7 Å². The van der Waals surface area contributed by atoms with E-state index < -0.39 is 5.97 Å². The molecule has 2 aromatic rings. The van der Waals surface area contributed by atoms with Crippen molar-refractivity contribution in [3.63, 3.8) is 0 Å². The fraction of sp³-hybridized carbons (Fsp3) is 0.286. The molecule has 2 aromatic carbocycles. The second-order valence-corrected chi connectivity index (χ2v) is 7.59. The molecule has 6 nitrogen and oxygen atoms in total. The molecule has 1 aliphatic heterocycles. The Morgan fingerprint density at radius 2 is 1.71 bits per heavy atom. The molecule has 1 heterocycles. The molecule has 1 fully saturated rings. The van der Waals surface area contributed by atoms with Gasteiger partial charge in [-0.3, -0.25) is 14.4 Å². The minimum Gasteiger partial charge on any atom is -0.427 e. The maximum absolute atomic E-state index is 12.6. The Kier molecular flexibility index (Phi) is 6.46. The van der Waals surface area contributed by atoms with Crippen molar-refractivity contribution in [2.45, 2.75) is 25.8 Å². The maximum Gasteiger partial charge on any atom is 0.308 e. The Hall–Kier alpha value is -2.67. The zero-order valence-electron chi connectivity index (χ0n) is 15.5. The van der Waals surface area contributed by atoms with Crippen LogP contribution in [0.3, 0.4) is 0 Å². The highest BCUT2D eigenvalue weighted by Crippen LogP contribution is 2.18. The highest BCUT2D eigenvalue weighted by atomic mass is 79.9. The summed E-state index contributed by atoms with van der Waals surface area (Å²) in [5.74, 6) is -0.305. The number of hydrogen-bond acceptors (Lipinski definition) is 4. The molecule has 1 aliphatic rings. The number of esters is 1. The fourth-order valence-corrected chi connectivity index (χ4v) is 3.57. The van der Waals surface area contributed by atoms with E-state index in [2.05, 4.69) is 21.2 Å². The van der Waals surface area contributed by atoms with E-state index in [9.17, 15) is 14.4 Å². The summed E-state index contributed by atoms with van der Waals surface area (Å²) in [5.41, 5.74) is 1.09. The van der Waals surface area contributed by atoms with Crippen LogP contribution in [0.25, 0.3) is 0 Å². The van der Waals surface area contributed by atoms with E-state index in [4.69, 9.17) is 4.74 Å². The van der Waals surface area contributed by atoms with Crippen LogP contribution in [-0.4, -0.2) is 41.8 Å². The van der Waals surface area contributed by atoms with E-state index in [0.717, 1.165) is 4.47 Å². The van der Waals surface area contributed by atoms with Gasteiger partial charge in [0.15, 0.2) is 0 Å². The zero-order valence-corrected chi connectivity index (χ0v) is 17.1. The van der Waals surface area contributed by atoms with Crippen molar-refractivity contribution in [2.24, 2.45) is 0 Å². The van der Waals surface area contributed by atoms with Crippen molar-refractivity contribution < 1.29 is 19.1 Å². The van der Waals surface area contributed by atoms with Crippen LogP contribution < -0.4 is 10.1 Å². The van der Waals surface area contributed by atoms with E-state index in [0.29, 0.717) is 42.8 Å². The maximum atomic E-state index is 12.6. The third kappa shape index (κ3) is 5.19. The van der Waals surface area contributed by atoms with Crippen LogP contribution >= 0.6 is 15.9 Å². The van der Waals surface area contributed by atoms with Gasteiger partial charge in [0.1, 0.15) is 5.75 Å². The number of piperidine rings is 1. The van der Waals surface area contributed by atoms with Gasteiger partial charge in [-0.15, -0.1) is 0 Å². The summed E-state index contributed by atoms with van der Waals surface area (Å²) in [6.07, 6.45) is 1.38. The molecule has 1 N–H and O–H groups in total. The predicted octanol–water partition coefficient (Wildman–Crippen LogP) is 3.41. The van der Waals surface area contributed by atoms with Crippen LogP contribution in [-0.2, 0) is 4.79 Å². The predicted molar refractivity (Wildman–Crippen MR) is 108 cm³/mol. The lowest BCUT2D eigenvalue weighted by Gasteiger charge is -2.32. The van der Waals surface area contributed by atoms with Gasteiger partial charge in [0, 0.05) is 41.7 Å². The van der Waals surface area contributed by atoms with Gasteiger partial charge in [0.25, 0.3) is 11.8 Å². The monoisotopic (exact) mass is 444 g/mol. The minimum absolute atomic E-state index is 0.000147. The third-order valence-corrected chi connectivity index (χ3v) is 5.04. The lowest BCUT2D eigenvalue weighted by molar-refractivity contribution is -0.131. The molecule has 0 aliphatic carbocycles. The highest BCUT2D eigenvalue weighted by Gasteiger charge is 2.25. The van der Waals surface area contributed by atoms with Gasteiger partial charge >= 0.3 is 5.97 Å². The second kappa shape index (κ2) is 9.01. The number of hydrogen-bond donors (Lipinski definition) is 1. The average molecular weight is 445 g/mol. The zero-order chi connectivity index (χ0) is 20.1. The van der Waals surface area contributed by atoms with Gasteiger partial charge < -0.3 is 15.0 Å². The topological polar surface area (TPSA) is 75.7 Å². The first-order valence-electron chi connectivity index (χ1n) is 9.06. The second-order valence-electron chi connectivity index (χ2n) is 6.67. The molecule has 3 rings (SSSR count). The van der Waals surface area contributed by atoms with Crippen LogP contribution in [0.4, 0.5) is 0 Å². The van der Waals surface area contributed by atoms with Gasteiger partial charge in [-0.2, -0.15) is 0 Å². The van der Waals surface area contributed by atoms with Gasteiger partial charge in [0.2, 0.25) is 0 Å². The number of benzene rings is 2. The number of ether oxygens (including phenoxy) is 1. The number of amides is 2. The minimum atomic E-state index is -0.431. The van der Waals surface area contributed by atoms with Crippen LogP contribution in [0.2, 0.25) is 0 Å². The molecule has 0 radical (unpaired) electrons. The number of halogens is 1. The number of likely N-dealkylation sites (tertiary alicyclic amines) is 1. The summed E-state index contributed by atoms with van der Waals surface area (Å²) in [6.45, 7) is 2.49.